The summed E-state index contributed by atoms with van der Waals surface area (Å²) in [5, 5.41) is 8.29. The highest BCUT2D eigenvalue weighted by molar-refractivity contribution is 7.15. The van der Waals surface area contributed by atoms with Crippen molar-refractivity contribution in [1.29, 1.82) is 0 Å². The van der Waals surface area contributed by atoms with E-state index in [1.807, 2.05) is 16.0 Å². The number of carbonyl (C=O) groups is 1. The number of imidazole rings is 1. The van der Waals surface area contributed by atoms with E-state index in [-0.39, 0.29) is 18.1 Å². The van der Waals surface area contributed by atoms with Crippen molar-refractivity contribution in [2.45, 2.75) is 13.3 Å². The van der Waals surface area contributed by atoms with Gasteiger partial charge in [0.1, 0.15) is 5.82 Å². The minimum Gasteiger partial charge on any atom is -0.338 e. The molecule has 0 aliphatic rings. The summed E-state index contributed by atoms with van der Waals surface area (Å²) in [5.74, 6) is -0.163. The summed E-state index contributed by atoms with van der Waals surface area (Å²) in [4.78, 5) is 17.5. The maximum atomic E-state index is 13.1. The molecule has 0 spiro atoms. The Morgan fingerprint density at radius 3 is 2.88 bits per heavy atom. The van der Waals surface area contributed by atoms with Crippen LogP contribution in [0.25, 0.3) is 16.2 Å². The molecular formula is C17H13FN4O2S. The molecule has 0 bridgehead atoms. The number of anilines is 1. The van der Waals surface area contributed by atoms with Crippen LogP contribution < -0.4 is 5.32 Å². The lowest BCUT2D eigenvalue weighted by atomic mass is 10.2. The first-order chi connectivity index (χ1) is 12.1. The van der Waals surface area contributed by atoms with Crippen LogP contribution in [0, 0.1) is 12.7 Å². The summed E-state index contributed by atoms with van der Waals surface area (Å²) in [6.07, 6.45) is 2.03. The van der Waals surface area contributed by atoms with Gasteiger partial charge in [-0.25, -0.2) is 9.37 Å². The summed E-state index contributed by atoms with van der Waals surface area (Å²) in [6.45, 7) is 1.78. The fourth-order valence-electron chi connectivity index (χ4n) is 2.48. The van der Waals surface area contributed by atoms with Crippen LogP contribution in [0.15, 0.2) is 46.4 Å². The van der Waals surface area contributed by atoms with Gasteiger partial charge in [0, 0.05) is 28.9 Å². The third-order valence-electron chi connectivity index (χ3n) is 3.66. The van der Waals surface area contributed by atoms with Crippen molar-refractivity contribution < 1.29 is 13.7 Å². The van der Waals surface area contributed by atoms with Crippen molar-refractivity contribution in [3.63, 3.8) is 0 Å². The van der Waals surface area contributed by atoms with Gasteiger partial charge in [-0.2, -0.15) is 0 Å². The number of hydrogen-bond acceptors (Lipinski definition) is 5. The molecule has 1 amide bonds. The molecule has 0 aliphatic carbocycles. The number of aromatic nitrogens is 3. The van der Waals surface area contributed by atoms with Crippen LogP contribution in [0.2, 0.25) is 0 Å². The zero-order valence-electron chi connectivity index (χ0n) is 13.2. The molecule has 1 aromatic carbocycles. The van der Waals surface area contributed by atoms with Gasteiger partial charge in [-0.05, 0) is 31.2 Å². The highest BCUT2D eigenvalue weighted by atomic mass is 32.1. The molecule has 0 radical (unpaired) electrons. The van der Waals surface area contributed by atoms with E-state index in [0.717, 1.165) is 21.9 Å². The monoisotopic (exact) mass is 356 g/mol. The largest absolute Gasteiger partial charge is 0.338 e. The Morgan fingerprint density at radius 1 is 1.36 bits per heavy atom. The lowest BCUT2D eigenvalue weighted by Crippen LogP contribution is -2.14. The van der Waals surface area contributed by atoms with Crippen molar-refractivity contribution >= 4 is 28.1 Å². The Morgan fingerprint density at radius 2 is 2.16 bits per heavy atom. The molecule has 25 heavy (non-hydrogen) atoms. The molecule has 0 fully saturated rings. The van der Waals surface area contributed by atoms with Crippen LogP contribution in [0.5, 0.6) is 0 Å². The molecule has 3 aromatic heterocycles. The molecule has 126 valence electrons. The fourth-order valence-corrected chi connectivity index (χ4v) is 3.36. The van der Waals surface area contributed by atoms with Gasteiger partial charge < -0.3 is 4.52 Å². The molecule has 0 aliphatic heterocycles. The van der Waals surface area contributed by atoms with Crippen molar-refractivity contribution in [3.05, 3.63) is 59.1 Å². The third-order valence-corrected chi connectivity index (χ3v) is 4.54. The highest BCUT2D eigenvalue weighted by Crippen LogP contribution is 2.24. The number of amides is 1. The zero-order valence-corrected chi connectivity index (χ0v) is 14.0. The number of aryl methyl sites for hydroxylation is 1. The number of rotatable bonds is 4. The first kappa shape index (κ1) is 15.5. The second-order valence-electron chi connectivity index (χ2n) is 5.57. The van der Waals surface area contributed by atoms with Crippen molar-refractivity contribution in [2.24, 2.45) is 0 Å². The van der Waals surface area contributed by atoms with Crippen LogP contribution in [0.3, 0.4) is 0 Å². The second-order valence-corrected chi connectivity index (χ2v) is 6.41. The van der Waals surface area contributed by atoms with Gasteiger partial charge >= 0.3 is 0 Å². The lowest BCUT2D eigenvalue weighted by molar-refractivity contribution is -0.115. The van der Waals surface area contributed by atoms with Gasteiger partial charge in [-0.15, -0.1) is 11.3 Å². The average molecular weight is 356 g/mol. The molecular weight excluding hydrogens is 343 g/mol. The number of nitrogens with one attached hydrogen (secondary N) is 1. The normalized spacial score (nSPS) is 11.1. The summed E-state index contributed by atoms with van der Waals surface area (Å²) in [7, 11) is 0. The number of thiazole rings is 1. The topological polar surface area (TPSA) is 72.4 Å². The fraction of sp³-hybridized carbons (Fsp3) is 0.118. The molecule has 1 N–H and O–H groups in total. The quantitative estimate of drug-likeness (QED) is 0.605. The smallest absolute Gasteiger partial charge is 0.232 e. The van der Waals surface area contributed by atoms with Gasteiger partial charge in [-0.1, -0.05) is 5.16 Å². The average Bonchev–Trinajstić information content (AvgIpc) is 3.26. The van der Waals surface area contributed by atoms with Gasteiger partial charge in [0.05, 0.1) is 17.8 Å². The Kier molecular flexibility index (Phi) is 3.81. The standard InChI is InChI=1S/C17H13FN4O2S/c1-10-6-16(24-21-10)20-15(23)7-13-9-25-17-19-14(8-22(13)17)11-2-4-12(18)5-3-11/h2-6,8-9H,7H2,1H3,(H,20,23). The molecule has 0 saturated carbocycles. The summed E-state index contributed by atoms with van der Waals surface area (Å²) in [6, 6.07) is 7.82. The molecule has 0 unspecified atom stereocenters. The second kappa shape index (κ2) is 6.14. The maximum Gasteiger partial charge on any atom is 0.232 e. The maximum absolute atomic E-state index is 13.1. The van der Waals surface area contributed by atoms with E-state index < -0.39 is 0 Å². The summed E-state index contributed by atoms with van der Waals surface area (Å²) < 4.78 is 19.9. The minimum atomic E-state index is -0.287. The van der Waals surface area contributed by atoms with E-state index in [9.17, 15) is 9.18 Å². The number of hydrogen-bond donors (Lipinski definition) is 1. The van der Waals surface area contributed by atoms with Gasteiger partial charge in [0.25, 0.3) is 0 Å². The van der Waals surface area contributed by atoms with Crippen LogP contribution in [0.1, 0.15) is 11.4 Å². The molecule has 0 saturated heterocycles. The number of nitrogens with zero attached hydrogens (tertiary/aromatic N) is 3. The predicted molar refractivity (Wildman–Crippen MR) is 92.0 cm³/mol. The number of halogens is 1. The summed E-state index contributed by atoms with van der Waals surface area (Å²) >= 11 is 1.45. The van der Waals surface area contributed by atoms with Crippen LogP contribution >= 0.6 is 11.3 Å². The first-order valence-corrected chi connectivity index (χ1v) is 8.41. The van der Waals surface area contributed by atoms with E-state index in [1.165, 1.54) is 23.5 Å². The Hall–Kier alpha value is -3.00. The van der Waals surface area contributed by atoms with E-state index in [1.54, 1.807) is 25.1 Å². The van der Waals surface area contributed by atoms with E-state index >= 15 is 0 Å². The molecule has 8 heteroatoms. The molecule has 4 rings (SSSR count). The Bertz CT molecular complexity index is 1050. The zero-order chi connectivity index (χ0) is 17.4. The van der Waals surface area contributed by atoms with Crippen molar-refractivity contribution in [1.82, 2.24) is 14.5 Å². The SMILES string of the molecule is Cc1cc(NC(=O)Cc2csc3nc(-c4ccc(F)cc4)cn23)on1. The minimum absolute atomic E-state index is 0.180. The van der Waals surface area contributed by atoms with E-state index in [0.29, 0.717) is 11.6 Å². The van der Waals surface area contributed by atoms with E-state index in [2.05, 4.69) is 15.5 Å². The van der Waals surface area contributed by atoms with Crippen LogP contribution in [0.4, 0.5) is 10.3 Å². The number of fused-ring (bicyclic) bond motifs is 1. The van der Waals surface area contributed by atoms with Gasteiger partial charge in [0.2, 0.25) is 11.8 Å². The number of carbonyl (C=O) groups excluding carboxylic acids is 1. The lowest BCUT2D eigenvalue weighted by Gasteiger charge is -2.00. The summed E-state index contributed by atoms with van der Waals surface area (Å²) in [5.41, 5.74) is 3.07. The van der Waals surface area contributed by atoms with Crippen LogP contribution in [-0.2, 0) is 11.2 Å². The van der Waals surface area contributed by atoms with E-state index in [4.69, 9.17) is 4.52 Å². The Labute approximate surface area is 145 Å². The Balaban J connectivity index is 1.56. The predicted octanol–water partition coefficient (Wildman–Crippen LogP) is 3.68. The van der Waals surface area contributed by atoms with Gasteiger partial charge in [-0.3, -0.25) is 14.5 Å². The number of benzene rings is 1. The molecule has 6 nitrogen and oxygen atoms in total. The molecule has 4 aromatic rings. The van der Waals surface area contributed by atoms with Crippen LogP contribution in [-0.4, -0.2) is 20.4 Å². The highest BCUT2D eigenvalue weighted by Gasteiger charge is 2.14. The van der Waals surface area contributed by atoms with Crippen molar-refractivity contribution in [3.8, 4) is 11.3 Å². The van der Waals surface area contributed by atoms with Crippen molar-refractivity contribution in [2.75, 3.05) is 5.32 Å². The molecule has 3 heterocycles. The first-order valence-electron chi connectivity index (χ1n) is 7.53. The van der Waals surface area contributed by atoms with Gasteiger partial charge in [0.15, 0.2) is 4.96 Å². The third kappa shape index (κ3) is 3.16. The molecule has 0 atom stereocenters.